The third-order valence-electron chi connectivity index (χ3n) is 2.37. The molecule has 17 heavy (non-hydrogen) atoms. The minimum absolute atomic E-state index is 0.306. The second kappa shape index (κ2) is 6.91. The van der Waals surface area contributed by atoms with E-state index in [1.165, 1.54) is 7.11 Å². The summed E-state index contributed by atoms with van der Waals surface area (Å²) in [6.07, 6.45) is 0. The van der Waals surface area contributed by atoms with Crippen LogP contribution in [0.3, 0.4) is 0 Å². The van der Waals surface area contributed by atoms with Crippen molar-refractivity contribution in [3.8, 4) is 5.75 Å². The Bertz CT molecular complexity index is 365. The minimum atomic E-state index is -0.479. The Labute approximate surface area is 102 Å². The number of para-hydroxylation sites is 1. The van der Waals surface area contributed by atoms with Crippen molar-refractivity contribution >= 4 is 5.97 Å². The Balaban J connectivity index is 3.03. The molecule has 4 nitrogen and oxygen atoms in total. The van der Waals surface area contributed by atoms with Crippen LogP contribution in [0, 0.1) is 0 Å². The molecule has 0 aromatic heterocycles. The van der Waals surface area contributed by atoms with Gasteiger partial charge in [-0.2, -0.15) is 0 Å². The van der Waals surface area contributed by atoms with Gasteiger partial charge in [0.15, 0.2) is 0 Å². The average molecular weight is 237 g/mol. The fraction of sp³-hybridized carbons (Fsp3) is 0.462. The van der Waals surface area contributed by atoms with Gasteiger partial charge < -0.3 is 14.8 Å². The Morgan fingerprint density at radius 1 is 1.35 bits per heavy atom. The Morgan fingerprint density at radius 3 is 2.65 bits per heavy atom. The monoisotopic (exact) mass is 237 g/mol. The smallest absolute Gasteiger partial charge is 0.327 e. The van der Waals surface area contributed by atoms with Crippen LogP contribution in [0.4, 0.5) is 0 Å². The van der Waals surface area contributed by atoms with Gasteiger partial charge >= 0.3 is 5.97 Å². The molecule has 0 aliphatic heterocycles. The van der Waals surface area contributed by atoms with E-state index < -0.39 is 6.04 Å². The van der Waals surface area contributed by atoms with Crippen molar-refractivity contribution in [2.24, 2.45) is 0 Å². The molecule has 0 saturated carbocycles. The number of ether oxygens (including phenoxy) is 2. The summed E-state index contributed by atoms with van der Waals surface area (Å²) in [5, 5.41) is 3.09. The van der Waals surface area contributed by atoms with Gasteiger partial charge in [-0.3, -0.25) is 0 Å². The van der Waals surface area contributed by atoms with Gasteiger partial charge in [0.2, 0.25) is 0 Å². The lowest BCUT2D eigenvalue weighted by molar-refractivity contribution is -0.143. The highest BCUT2D eigenvalue weighted by Crippen LogP contribution is 2.25. The number of benzene rings is 1. The molecule has 0 bridgehead atoms. The number of carbonyl (C=O) groups is 1. The van der Waals surface area contributed by atoms with E-state index in [1.807, 2.05) is 38.1 Å². The van der Waals surface area contributed by atoms with Crippen LogP contribution in [0.2, 0.25) is 0 Å². The topological polar surface area (TPSA) is 47.6 Å². The van der Waals surface area contributed by atoms with E-state index in [4.69, 9.17) is 9.47 Å². The van der Waals surface area contributed by atoms with E-state index in [9.17, 15) is 4.79 Å². The lowest BCUT2D eigenvalue weighted by Crippen LogP contribution is -2.29. The molecule has 0 spiro atoms. The van der Waals surface area contributed by atoms with Crippen LogP contribution in [0.5, 0.6) is 5.75 Å². The molecule has 0 saturated heterocycles. The number of hydrogen-bond donors (Lipinski definition) is 1. The van der Waals surface area contributed by atoms with Gasteiger partial charge in [-0.05, 0) is 19.5 Å². The second-order valence-electron chi connectivity index (χ2n) is 3.48. The highest BCUT2D eigenvalue weighted by Gasteiger charge is 2.23. The third kappa shape index (κ3) is 3.46. The summed E-state index contributed by atoms with van der Waals surface area (Å²) in [5.74, 6) is 0.408. The number of rotatable bonds is 6. The average Bonchev–Trinajstić information content (AvgIpc) is 2.36. The first-order chi connectivity index (χ1) is 8.24. The van der Waals surface area contributed by atoms with Crippen molar-refractivity contribution in [3.05, 3.63) is 29.8 Å². The van der Waals surface area contributed by atoms with Gasteiger partial charge in [0.05, 0.1) is 13.7 Å². The first-order valence-electron chi connectivity index (χ1n) is 5.77. The van der Waals surface area contributed by atoms with E-state index in [-0.39, 0.29) is 5.97 Å². The summed E-state index contributed by atoms with van der Waals surface area (Å²) in [5.41, 5.74) is 0.808. The van der Waals surface area contributed by atoms with Crippen molar-refractivity contribution < 1.29 is 14.3 Å². The number of methoxy groups -OCH3 is 1. The maximum atomic E-state index is 11.7. The molecule has 1 aromatic carbocycles. The molecular weight excluding hydrogens is 218 g/mol. The lowest BCUT2D eigenvalue weighted by atomic mass is 10.1. The first-order valence-corrected chi connectivity index (χ1v) is 5.77. The number of carbonyl (C=O) groups excluding carboxylic acids is 1. The van der Waals surface area contributed by atoms with Crippen LogP contribution in [0.15, 0.2) is 24.3 Å². The summed E-state index contributed by atoms with van der Waals surface area (Å²) in [7, 11) is 1.38. The fourth-order valence-corrected chi connectivity index (χ4v) is 1.65. The van der Waals surface area contributed by atoms with Crippen LogP contribution < -0.4 is 10.1 Å². The normalized spacial score (nSPS) is 11.9. The van der Waals surface area contributed by atoms with Gasteiger partial charge in [-0.1, -0.05) is 25.1 Å². The zero-order chi connectivity index (χ0) is 12.7. The molecule has 4 heteroatoms. The molecule has 0 aliphatic rings. The highest BCUT2D eigenvalue weighted by molar-refractivity contribution is 5.78. The summed E-state index contributed by atoms with van der Waals surface area (Å²) < 4.78 is 10.3. The quantitative estimate of drug-likeness (QED) is 0.768. The zero-order valence-corrected chi connectivity index (χ0v) is 10.5. The SMILES string of the molecule is CCNC(C(=O)OC)c1ccccc1OCC. The van der Waals surface area contributed by atoms with Crippen molar-refractivity contribution in [1.82, 2.24) is 5.32 Å². The summed E-state index contributed by atoms with van der Waals surface area (Å²) >= 11 is 0. The Kier molecular flexibility index (Phi) is 5.49. The fourth-order valence-electron chi connectivity index (χ4n) is 1.65. The molecule has 0 radical (unpaired) electrons. The molecule has 0 amide bonds. The van der Waals surface area contributed by atoms with Gasteiger partial charge in [0, 0.05) is 5.56 Å². The standard InChI is InChI=1S/C13H19NO3/c1-4-14-12(13(15)16-3)10-8-6-7-9-11(10)17-5-2/h6-9,12,14H,4-5H2,1-3H3. The third-order valence-corrected chi connectivity index (χ3v) is 2.37. The van der Waals surface area contributed by atoms with Crippen molar-refractivity contribution in [2.45, 2.75) is 19.9 Å². The van der Waals surface area contributed by atoms with E-state index >= 15 is 0 Å². The van der Waals surface area contributed by atoms with E-state index in [0.717, 1.165) is 5.56 Å². The number of nitrogens with one attached hydrogen (secondary N) is 1. The predicted octanol–water partition coefficient (Wildman–Crippen LogP) is 1.91. The van der Waals surface area contributed by atoms with Gasteiger partial charge in [-0.15, -0.1) is 0 Å². The largest absolute Gasteiger partial charge is 0.494 e. The summed E-state index contributed by atoms with van der Waals surface area (Å²) in [4.78, 5) is 11.7. The highest BCUT2D eigenvalue weighted by atomic mass is 16.5. The molecule has 1 atom stereocenters. The molecule has 0 fully saturated rings. The predicted molar refractivity (Wildman–Crippen MR) is 66.0 cm³/mol. The second-order valence-corrected chi connectivity index (χ2v) is 3.48. The zero-order valence-electron chi connectivity index (χ0n) is 10.5. The molecule has 1 N–H and O–H groups in total. The summed E-state index contributed by atoms with van der Waals surface area (Å²) in [6, 6.07) is 7.01. The van der Waals surface area contributed by atoms with Gasteiger partial charge in [0.25, 0.3) is 0 Å². The van der Waals surface area contributed by atoms with Crippen LogP contribution in [0.1, 0.15) is 25.5 Å². The maximum Gasteiger partial charge on any atom is 0.327 e. The van der Waals surface area contributed by atoms with Crippen molar-refractivity contribution in [3.63, 3.8) is 0 Å². The summed E-state index contributed by atoms with van der Waals surface area (Å²) in [6.45, 7) is 5.10. The molecule has 0 heterocycles. The van der Waals surface area contributed by atoms with Crippen LogP contribution in [-0.4, -0.2) is 26.2 Å². The van der Waals surface area contributed by atoms with E-state index in [2.05, 4.69) is 5.32 Å². The number of esters is 1. The molecule has 94 valence electrons. The molecule has 1 rings (SSSR count). The van der Waals surface area contributed by atoms with Crippen molar-refractivity contribution in [1.29, 1.82) is 0 Å². The Hall–Kier alpha value is -1.55. The number of hydrogen-bond acceptors (Lipinski definition) is 4. The molecule has 1 aromatic rings. The van der Waals surface area contributed by atoms with Crippen LogP contribution in [-0.2, 0) is 9.53 Å². The van der Waals surface area contributed by atoms with E-state index in [0.29, 0.717) is 18.9 Å². The van der Waals surface area contributed by atoms with Gasteiger partial charge in [0.1, 0.15) is 11.8 Å². The minimum Gasteiger partial charge on any atom is -0.494 e. The van der Waals surface area contributed by atoms with Gasteiger partial charge in [-0.25, -0.2) is 4.79 Å². The van der Waals surface area contributed by atoms with Crippen LogP contribution >= 0.6 is 0 Å². The maximum absolute atomic E-state index is 11.7. The Morgan fingerprint density at radius 2 is 2.06 bits per heavy atom. The lowest BCUT2D eigenvalue weighted by Gasteiger charge is -2.18. The first kappa shape index (κ1) is 13.5. The van der Waals surface area contributed by atoms with E-state index in [1.54, 1.807) is 0 Å². The molecule has 0 aliphatic carbocycles. The number of likely N-dealkylation sites (N-methyl/N-ethyl adjacent to an activating group) is 1. The van der Waals surface area contributed by atoms with Crippen LogP contribution in [0.25, 0.3) is 0 Å². The van der Waals surface area contributed by atoms with Crippen molar-refractivity contribution in [2.75, 3.05) is 20.3 Å². The molecular formula is C13H19NO3. The molecule has 1 unspecified atom stereocenters.